The van der Waals surface area contributed by atoms with Gasteiger partial charge in [0.05, 0.1) is 11.4 Å². The van der Waals surface area contributed by atoms with Crippen LogP contribution in [-0.2, 0) is 19.6 Å². The molecular formula is C12H13NO5S. The number of carbonyl (C=O) groups excluding carboxylic acids is 1. The van der Waals surface area contributed by atoms with Crippen LogP contribution in [0.25, 0.3) is 0 Å². The first-order valence-electron chi connectivity index (χ1n) is 6.00. The molecule has 0 aromatic heterocycles. The zero-order valence-electron chi connectivity index (χ0n) is 10.0. The van der Waals surface area contributed by atoms with E-state index in [-0.39, 0.29) is 23.3 Å². The van der Waals surface area contributed by atoms with Crippen LogP contribution in [-0.4, -0.2) is 42.5 Å². The molecule has 102 valence electrons. The van der Waals surface area contributed by atoms with Crippen molar-refractivity contribution in [1.29, 1.82) is 0 Å². The Balaban J connectivity index is 1.97. The van der Waals surface area contributed by atoms with Gasteiger partial charge in [0.15, 0.2) is 0 Å². The first kappa shape index (κ1) is 12.4. The van der Waals surface area contributed by atoms with Gasteiger partial charge in [-0.2, -0.15) is 4.31 Å². The van der Waals surface area contributed by atoms with Gasteiger partial charge >= 0.3 is 5.97 Å². The molecule has 3 fully saturated rings. The third-order valence-corrected chi connectivity index (χ3v) is 5.38. The number of phenolic OH excluding ortho intramolecular Hbond substituents is 1. The Morgan fingerprint density at radius 2 is 1.89 bits per heavy atom. The first-order chi connectivity index (χ1) is 8.98. The monoisotopic (exact) mass is 283 g/mol. The van der Waals surface area contributed by atoms with Crippen LogP contribution in [0.2, 0.25) is 0 Å². The number of benzene rings is 1. The van der Waals surface area contributed by atoms with Gasteiger partial charge in [-0.25, -0.2) is 8.42 Å². The number of esters is 1. The Morgan fingerprint density at radius 3 is 2.47 bits per heavy atom. The van der Waals surface area contributed by atoms with Gasteiger partial charge in [-0.1, -0.05) is 0 Å². The summed E-state index contributed by atoms with van der Waals surface area (Å²) >= 11 is 0. The molecular weight excluding hydrogens is 270 g/mol. The molecule has 3 aliphatic heterocycles. The van der Waals surface area contributed by atoms with Crippen LogP contribution in [0.1, 0.15) is 12.8 Å². The van der Waals surface area contributed by atoms with Crippen molar-refractivity contribution in [3.05, 3.63) is 24.3 Å². The van der Waals surface area contributed by atoms with E-state index in [4.69, 9.17) is 4.74 Å². The largest absolute Gasteiger partial charge is 0.508 e. The second-order valence-corrected chi connectivity index (χ2v) is 6.61. The van der Waals surface area contributed by atoms with E-state index in [2.05, 4.69) is 0 Å². The molecule has 19 heavy (non-hydrogen) atoms. The van der Waals surface area contributed by atoms with E-state index in [1.54, 1.807) is 0 Å². The van der Waals surface area contributed by atoms with Gasteiger partial charge in [0.2, 0.25) is 10.0 Å². The van der Waals surface area contributed by atoms with Crippen LogP contribution in [0.15, 0.2) is 29.2 Å². The Labute approximate surface area is 110 Å². The van der Waals surface area contributed by atoms with Crippen molar-refractivity contribution in [2.24, 2.45) is 0 Å². The zero-order chi connectivity index (χ0) is 13.6. The molecule has 0 aliphatic carbocycles. The molecule has 6 nitrogen and oxygen atoms in total. The lowest BCUT2D eigenvalue weighted by molar-refractivity contribution is -0.169. The van der Waals surface area contributed by atoms with Crippen molar-refractivity contribution >= 4 is 16.0 Å². The summed E-state index contributed by atoms with van der Waals surface area (Å²) in [4.78, 5) is 11.7. The van der Waals surface area contributed by atoms with E-state index in [0.717, 1.165) is 0 Å². The lowest BCUT2D eigenvalue weighted by atomic mass is 9.99. The van der Waals surface area contributed by atoms with Gasteiger partial charge < -0.3 is 9.84 Å². The van der Waals surface area contributed by atoms with Crippen molar-refractivity contribution in [2.75, 3.05) is 6.54 Å². The molecule has 3 heterocycles. The SMILES string of the molecule is O=C1O[C@@H]2CC[C@H]1N(S(=O)(=O)c1ccc(O)cc1)C2. The van der Waals surface area contributed by atoms with Crippen molar-refractivity contribution < 1.29 is 23.1 Å². The smallest absolute Gasteiger partial charge is 0.324 e. The number of rotatable bonds is 2. The van der Waals surface area contributed by atoms with Crippen LogP contribution in [0, 0.1) is 0 Å². The minimum Gasteiger partial charge on any atom is -0.508 e. The standard InChI is InChI=1S/C12H13NO5S/c14-8-1-4-10(5-2-8)19(16,17)13-7-9-3-6-11(13)12(15)18-9/h1-2,4-5,9,11,14H,3,6-7H2/t9-,11-/m1/s1. The van der Waals surface area contributed by atoms with E-state index in [1.807, 2.05) is 0 Å². The van der Waals surface area contributed by atoms with Crippen molar-refractivity contribution in [3.63, 3.8) is 0 Å². The van der Waals surface area contributed by atoms with Gasteiger partial charge in [0.25, 0.3) is 0 Å². The van der Waals surface area contributed by atoms with E-state index >= 15 is 0 Å². The summed E-state index contributed by atoms with van der Waals surface area (Å²) in [7, 11) is -3.72. The number of hydrogen-bond donors (Lipinski definition) is 1. The van der Waals surface area contributed by atoms with Gasteiger partial charge in [-0.15, -0.1) is 0 Å². The molecule has 2 atom stereocenters. The molecule has 7 heteroatoms. The average Bonchev–Trinajstić information content (AvgIpc) is 2.39. The minimum absolute atomic E-state index is 0.00137. The van der Waals surface area contributed by atoms with Gasteiger partial charge in [-0.3, -0.25) is 4.79 Å². The van der Waals surface area contributed by atoms with E-state index in [9.17, 15) is 18.3 Å². The number of hydrogen-bond acceptors (Lipinski definition) is 5. The third-order valence-electron chi connectivity index (χ3n) is 3.49. The summed E-state index contributed by atoms with van der Waals surface area (Å²) < 4.78 is 31.2. The maximum absolute atomic E-state index is 12.5. The predicted octanol–water partition coefficient (Wildman–Crippen LogP) is 0.471. The van der Waals surface area contributed by atoms with Crippen molar-refractivity contribution in [1.82, 2.24) is 4.31 Å². The maximum Gasteiger partial charge on any atom is 0.324 e. The maximum atomic E-state index is 12.5. The molecule has 0 spiro atoms. The quantitative estimate of drug-likeness (QED) is 0.798. The number of fused-ring (bicyclic) bond motifs is 3. The molecule has 1 N–H and O–H groups in total. The molecule has 2 bridgehead atoms. The Bertz CT molecular complexity index is 610. The lowest BCUT2D eigenvalue weighted by Crippen LogP contribution is -2.58. The zero-order valence-corrected chi connectivity index (χ0v) is 10.8. The van der Waals surface area contributed by atoms with Crippen molar-refractivity contribution in [2.45, 2.75) is 29.9 Å². The highest BCUT2D eigenvalue weighted by molar-refractivity contribution is 7.89. The number of nitrogens with zero attached hydrogens (tertiary/aromatic N) is 1. The molecule has 0 unspecified atom stereocenters. The lowest BCUT2D eigenvalue weighted by Gasteiger charge is -2.42. The average molecular weight is 283 g/mol. The topological polar surface area (TPSA) is 83.9 Å². The molecule has 0 radical (unpaired) electrons. The van der Waals surface area contributed by atoms with Crippen molar-refractivity contribution in [3.8, 4) is 5.75 Å². The fraction of sp³-hybridized carbons (Fsp3) is 0.417. The number of piperidine rings is 1. The van der Waals surface area contributed by atoms with E-state index in [1.165, 1.54) is 28.6 Å². The van der Waals surface area contributed by atoms with Gasteiger partial charge in [-0.05, 0) is 37.1 Å². The number of phenols is 1. The molecule has 0 amide bonds. The third kappa shape index (κ3) is 1.98. The summed E-state index contributed by atoms with van der Waals surface area (Å²) in [5.41, 5.74) is 0. The Hall–Kier alpha value is -1.60. The van der Waals surface area contributed by atoms with Gasteiger partial charge in [0, 0.05) is 0 Å². The second-order valence-electron chi connectivity index (χ2n) is 4.72. The summed E-state index contributed by atoms with van der Waals surface area (Å²) in [6, 6.07) is 4.57. The first-order valence-corrected chi connectivity index (χ1v) is 7.44. The molecule has 0 saturated carbocycles. The molecule has 1 aromatic rings. The second kappa shape index (κ2) is 4.21. The van der Waals surface area contributed by atoms with Gasteiger partial charge in [0.1, 0.15) is 17.9 Å². The van der Waals surface area contributed by atoms with E-state index in [0.29, 0.717) is 12.8 Å². The summed E-state index contributed by atoms with van der Waals surface area (Å²) in [5.74, 6) is -0.469. The van der Waals surface area contributed by atoms with E-state index < -0.39 is 22.0 Å². The van der Waals surface area contributed by atoms with Crippen LogP contribution >= 0.6 is 0 Å². The summed E-state index contributed by atoms with van der Waals surface area (Å²) in [5, 5.41) is 9.20. The number of sulfonamides is 1. The predicted molar refractivity (Wildman–Crippen MR) is 64.9 cm³/mol. The highest BCUT2D eigenvalue weighted by Gasteiger charge is 2.47. The minimum atomic E-state index is -3.72. The number of aromatic hydroxyl groups is 1. The normalized spacial score (nSPS) is 27.3. The number of ether oxygens (including phenoxy) is 1. The van der Waals surface area contributed by atoms with Crippen LogP contribution in [0.3, 0.4) is 0 Å². The molecule has 4 rings (SSSR count). The Morgan fingerprint density at radius 1 is 1.21 bits per heavy atom. The van der Waals surface area contributed by atoms with Crippen LogP contribution in [0.4, 0.5) is 0 Å². The molecule has 3 aliphatic rings. The fourth-order valence-electron chi connectivity index (χ4n) is 2.50. The summed E-state index contributed by atoms with van der Waals surface area (Å²) in [6.45, 7) is 0.208. The fourth-order valence-corrected chi connectivity index (χ4v) is 4.14. The van der Waals surface area contributed by atoms with Crippen LogP contribution < -0.4 is 0 Å². The number of morpholine rings is 1. The highest BCUT2D eigenvalue weighted by atomic mass is 32.2. The Kier molecular flexibility index (Phi) is 2.75. The molecule has 3 saturated heterocycles. The highest BCUT2D eigenvalue weighted by Crippen LogP contribution is 2.32. The number of carbonyl (C=O) groups is 1. The van der Waals surface area contributed by atoms with Crippen LogP contribution in [0.5, 0.6) is 5.75 Å². The summed E-state index contributed by atoms with van der Waals surface area (Å²) in [6.07, 6.45) is 0.864. The molecule has 1 aromatic carbocycles.